The zero-order chi connectivity index (χ0) is 24.0. The summed E-state index contributed by atoms with van der Waals surface area (Å²) in [4.78, 5) is 40.2. The average molecular weight is 449 g/mol. The van der Waals surface area contributed by atoms with Crippen LogP contribution >= 0.6 is 0 Å². The molecule has 0 saturated carbocycles. The Bertz CT molecular complexity index is 1070. The van der Waals surface area contributed by atoms with Crippen molar-refractivity contribution in [3.05, 3.63) is 82.1 Å². The number of aryl methyl sites for hydroxylation is 1. The summed E-state index contributed by atoms with van der Waals surface area (Å²) in [6.07, 6.45) is 1.04. The van der Waals surface area contributed by atoms with Gasteiger partial charge in [-0.1, -0.05) is 48.9 Å². The second kappa shape index (κ2) is 10.9. The van der Waals surface area contributed by atoms with Crippen molar-refractivity contribution in [3.63, 3.8) is 0 Å². The molecule has 0 aromatic heterocycles. The summed E-state index contributed by atoms with van der Waals surface area (Å²) in [6.45, 7) is 8.71. The normalized spacial score (nSPS) is 16.1. The van der Waals surface area contributed by atoms with Gasteiger partial charge in [0.1, 0.15) is 0 Å². The number of carbonyl (C=O) groups is 3. The van der Waals surface area contributed by atoms with Crippen LogP contribution in [0.4, 0.5) is 0 Å². The van der Waals surface area contributed by atoms with Gasteiger partial charge in [0, 0.05) is 30.1 Å². The molecule has 174 valence electrons. The highest BCUT2D eigenvalue weighted by molar-refractivity contribution is 5.96. The van der Waals surface area contributed by atoms with Crippen LogP contribution in [0.3, 0.4) is 0 Å². The van der Waals surface area contributed by atoms with E-state index in [1.807, 2.05) is 50.2 Å². The van der Waals surface area contributed by atoms with Crippen LogP contribution in [0.1, 0.15) is 66.6 Å². The lowest BCUT2D eigenvalue weighted by atomic mass is 9.83. The molecule has 33 heavy (non-hydrogen) atoms. The molecule has 2 aromatic carbocycles. The predicted molar refractivity (Wildman–Crippen MR) is 127 cm³/mol. The van der Waals surface area contributed by atoms with E-state index in [1.54, 1.807) is 30.9 Å². The third kappa shape index (κ3) is 5.69. The number of hydrogen-bond donors (Lipinski definition) is 1. The molecule has 2 aromatic rings. The standard InChI is InChI=1S/C27H32N2O4/c1-5-13-28-26(31)22-12-8-10-20(15-22)17-29-19(4)25(27(32)33-6-2)23(16-24(29)30)21-11-7-9-18(3)14-21/h7-12,14-15,23H,5-6,13,16-17H2,1-4H3,(H,28,31). The Balaban J connectivity index is 1.95. The van der Waals surface area contributed by atoms with Gasteiger partial charge in [0.15, 0.2) is 0 Å². The number of amides is 2. The SMILES string of the molecule is CCCNC(=O)c1cccc(CN2C(=O)CC(c3cccc(C)c3)C(C(=O)OCC)=C2C)c1. The van der Waals surface area contributed by atoms with Crippen LogP contribution in [0, 0.1) is 6.92 Å². The van der Waals surface area contributed by atoms with Gasteiger partial charge in [0.25, 0.3) is 5.91 Å². The van der Waals surface area contributed by atoms with E-state index in [-0.39, 0.29) is 37.3 Å². The highest BCUT2D eigenvalue weighted by Crippen LogP contribution is 2.38. The van der Waals surface area contributed by atoms with E-state index in [1.165, 1.54) is 0 Å². The van der Waals surface area contributed by atoms with Crippen LogP contribution in [0.25, 0.3) is 0 Å². The van der Waals surface area contributed by atoms with E-state index in [0.717, 1.165) is 23.1 Å². The van der Waals surface area contributed by atoms with E-state index in [9.17, 15) is 14.4 Å². The molecule has 0 bridgehead atoms. The number of nitrogens with zero attached hydrogens (tertiary/aromatic N) is 1. The summed E-state index contributed by atoms with van der Waals surface area (Å²) in [6, 6.07) is 15.1. The lowest BCUT2D eigenvalue weighted by molar-refractivity contribution is -0.140. The number of allylic oxidation sites excluding steroid dienone is 1. The Kier molecular flexibility index (Phi) is 8.04. The molecule has 1 aliphatic rings. The fourth-order valence-corrected chi connectivity index (χ4v) is 4.18. The Morgan fingerprint density at radius 1 is 1.09 bits per heavy atom. The van der Waals surface area contributed by atoms with Crippen molar-refractivity contribution in [2.24, 2.45) is 0 Å². The quantitative estimate of drug-likeness (QED) is 0.604. The zero-order valence-electron chi connectivity index (χ0n) is 19.8. The molecule has 6 heteroatoms. The molecule has 1 unspecified atom stereocenters. The van der Waals surface area contributed by atoms with Crippen molar-refractivity contribution in [2.75, 3.05) is 13.2 Å². The fraction of sp³-hybridized carbons (Fsp3) is 0.370. The van der Waals surface area contributed by atoms with Gasteiger partial charge < -0.3 is 15.0 Å². The van der Waals surface area contributed by atoms with Crippen LogP contribution in [-0.2, 0) is 20.9 Å². The van der Waals surface area contributed by atoms with Gasteiger partial charge in [-0.25, -0.2) is 4.79 Å². The highest BCUT2D eigenvalue weighted by Gasteiger charge is 2.36. The number of hydrogen-bond acceptors (Lipinski definition) is 4. The summed E-state index contributed by atoms with van der Waals surface area (Å²) < 4.78 is 5.37. The van der Waals surface area contributed by atoms with E-state index in [4.69, 9.17) is 4.74 Å². The molecule has 0 fully saturated rings. The number of carbonyl (C=O) groups excluding carboxylic acids is 3. The smallest absolute Gasteiger partial charge is 0.336 e. The predicted octanol–water partition coefficient (Wildman–Crippen LogP) is 4.49. The summed E-state index contributed by atoms with van der Waals surface area (Å²) in [7, 11) is 0. The molecule has 1 atom stereocenters. The molecule has 0 saturated heterocycles. The van der Waals surface area contributed by atoms with E-state index < -0.39 is 5.97 Å². The van der Waals surface area contributed by atoms with Gasteiger partial charge in [0.05, 0.1) is 18.7 Å². The minimum absolute atomic E-state index is 0.0621. The summed E-state index contributed by atoms with van der Waals surface area (Å²) in [5, 5.41) is 2.87. The minimum atomic E-state index is -0.397. The molecular weight excluding hydrogens is 416 g/mol. The molecule has 1 heterocycles. The summed E-state index contributed by atoms with van der Waals surface area (Å²) >= 11 is 0. The topological polar surface area (TPSA) is 75.7 Å². The number of nitrogens with one attached hydrogen (secondary N) is 1. The van der Waals surface area contributed by atoms with E-state index in [0.29, 0.717) is 23.4 Å². The third-order valence-corrected chi connectivity index (χ3v) is 5.83. The van der Waals surface area contributed by atoms with Gasteiger partial charge >= 0.3 is 5.97 Å². The number of rotatable bonds is 8. The number of ether oxygens (including phenoxy) is 1. The molecule has 0 radical (unpaired) electrons. The molecule has 1 aliphatic heterocycles. The third-order valence-electron chi connectivity index (χ3n) is 5.83. The number of esters is 1. The number of benzene rings is 2. The van der Waals surface area contributed by atoms with Crippen LogP contribution in [-0.4, -0.2) is 35.8 Å². The maximum Gasteiger partial charge on any atom is 0.336 e. The van der Waals surface area contributed by atoms with Crippen LogP contribution in [0.15, 0.2) is 59.8 Å². The van der Waals surface area contributed by atoms with Gasteiger partial charge in [-0.05, 0) is 50.5 Å². The lowest BCUT2D eigenvalue weighted by Gasteiger charge is -2.34. The Hall–Kier alpha value is -3.41. The van der Waals surface area contributed by atoms with Crippen LogP contribution in [0.5, 0.6) is 0 Å². The first-order valence-electron chi connectivity index (χ1n) is 11.5. The zero-order valence-corrected chi connectivity index (χ0v) is 19.8. The first kappa shape index (κ1) is 24.2. The first-order valence-corrected chi connectivity index (χ1v) is 11.5. The molecule has 0 aliphatic carbocycles. The monoisotopic (exact) mass is 448 g/mol. The van der Waals surface area contributed by atoms with Gasteiger partial charge in [-0.15, -0.1) is 0 Å². The average Bonchev–Trinajstić information content (AvgIpc) is 2.80. The maximum atomic E-state index is 13.2. The Labute approximate surface area is 195 Å². The second-order valence-electron chi connectivity index (χ2n) is 8.33. The fourth-order valence-electron chi connectivity index (χ4n) is 4.18. The van der Waals surface area contributed by atoms with Crippen LogP contribution < -0.4 is 5.32 Å². The van der Waals surface area contributed by atoms with Crippen molar-refractivity contribution < 1.29 is 19.1 Å². The molecular formula is C27H32N2O4. The Morgan fingerprint density at radius 3 is 2.55 bits per heavy atom. The minimum Gasteiger partial charge on any atom is -0.463 e. The van der Waals surface area contributed by atoms with Gasteiger partial charge in [-0.2, -0.15) is 0 Å². The van der Waals surface area contributed by atoms with Crippen molar-refractivity contribution in [3.8, 4) is 0 Å². The van der Waals surface area contributed by atoms with Gasteiger partial charge in [-0.3, -0.25) is 9.59 Å². The second-order valence-corrected chi connectivity index (χ2v) is 8.33. The van der Waals surface area contributed by atoms with E-state index >= 15 is 0 Å². The molecule has 0 spiro atoms. The van der Waals surface area contributed by atoms with Crippen LogP contribution in [0.2, 0.25) is 0 Å². The lowest BCUT2D eigenvalue weighted by Crippen LogP contribution is -2.38. The molecule has 3 rings (SSSR count). The van der Waals surface area contributed by atoms with Crippen molar-refractivity contribution in [1.82, 2.24) is 10.2 Å². The summed E-state index contributed by atoms with van der Waals surface area (Å²) in [5.74, 6) is -0.943. The van der Waals surface area contributed by atoms with E-state index in [2.05, 4.69) is 5.32 Å². The summed E-state index contributed by atoms with van der Waals surface area (Å²) in [5.41, 5.74) is 4.48. The van der Waals surface area contributed by atoms with Crippen molar-refractivity contribution in [1.29, 1.82) is 0 Å². The van der Waals surface area contributed by atoms with Crippen molar-refractivity contribution >= 4 is 17.8 Å². The Morgan fingerprint density at radius 2 is 1.85 bits per heavy atom. The first-order chi connectivity index (χ1) is 15.8. The van der Waals surface area contributed by atoms with Crippen molar-refractivity contribution in [2.45, 2.75) is 53.0 Å². The largest absolute Gasteiger partial charge is 0.463 e. The molecule has 2 amide bonds. The molecule has 6 nitrogen and oxygen atoms in total. The maximum absolute atomic E-state index is 13.2. The highest BCUT2D eigenvalue weighted by atomic mass is 16.5. The molecule has 1 N–H and O–H groups in total. The van der Waals surface area contributed by atoms with Gasteiger partial charge in [0.2, 0.25) is 5.91 Å².